The summed E-state index contributed by atoms with van der Waals surface area (Å²) in [5.74, 6) is -0.828. The van der Waals surface area contributed by atoms with Gasteiger partial charge in [-0.25, -0.2) is 4.68 Å². The first kappa shape index (κ1) is 18.3. The Hall–Kier alpha value is -3.45. The van der Waals surface area contributed by atoms with Gasteiger partial charge < -0.3 is 10.6 Å². The second kappa shape index (κ2) is 7.84. The van der Waals surface area contributed by atoms with Crippen molar-refractivity contribution in [2.45, 2.75) is 6.92 Å². The van der Waals surface area contributed by atoms with Gasteiger partial charge in [0.05, 0.1) is 5.69 Å². The van der Waals surface area contributed by atoms with Gasteiger partial charge in [-0.2, -0.15) is 5.10 Å². The van der Waals surface area contributed by atoms with Gasteiger partial charge in [-0.05, 0) is 42.5 Å². The molecule has 2 aromatic carbocycles. The third kappa shape index (κ3) is 4.59. The molecule has 3 aromatic rings. The molecule has 1 aromatic heterocycles. The Labute approximate surface area is 159 Å². The largest absolute Gasteiger partial charge is 0.326 e. The fourth-order valence-electron chi connectivity index (χ4n) is 2.36. The van der Waals surface area contributed by atoms with Crippen LogP contribution in [0.2, 0.25) is 5.02 Å². The van der Waals surface area contributed by atoms with E-state index in [1.54, 1.807) is 48.5 Å². The number of halogens is 1. The summed E-state index contributed by atoms with van der Waals surface area (Å²) < 4.78 is 1.40. The normalized spacial score (nSPS) is 10.3. The summed E-state index contributed by atoms with van der Waals surface area (Å²) in [6, 6.07) is 14.7. The number of hydrogen-bond acceptors (Lipinski definition) is 4. The van der Waals surface area contributed by atoms with E-state index in [-0.39, 0.29) is 11.6 Å². The van der Waals surface area contributed by atoms with Crippen LogP contribution in [0.3, 0.4) is 0 Å². The van der Waals surface area contributed by atoms with Crippen LogP contribution in [0.15, 0.2) is 65.6 Å². The van der Waals surface area contributed by atoms with Gasteiger partial charge in [-0.3, -0.25) is 14.4 Å². The van der Waals surface area contributed by atoms with Gasteiger partial charge >= 0.3 is 0 Å². The van der Waals surface area contributed by atoms with E-state index in [2.05, 4.69) is 15.7 Å². The number of carbonyl (C=O) groups excluding carboxylic acids is 2. The summed E-state index contributed by atoms with van der Waals surface area (Å²) in [6.45, 7) is 1.40. The highest BCUT2D eigenvalue weighted by atomic mass is 35.5. The number of rotatable bonds is 4. The maximum atomic E-state index is 12.5. The zero-order valence-electron chi connectivity index (χ0n) is 14.3. The first-order chi connectivity index (χ1) is 12.9. The van der Waals surface area contributed by atoms with E-state index in [1.807, 2.05) is 0 Å². The van der Waals surface area contributed by atoms with Crippen molar-refractivity contribution in [3.05, 3.63) is 81.7 Å². The number of nitrogens with zero attached hydrogens (tertiary/aromatic N) is 2. The van der Waals surface area contributed by atoms with Crippen molar-refractivity contribution in [1.82, 2.24) is 9.78 Å². The summed E-state index contributed by atoms with van der Waals surface area (Å²) in [7, 11) is 0. The third-order valence-corrected chi connectivity index (χ3v) is 3.79. The molecule has 0 bridgehead atoms. The Morgan fingerprint density at radius 3 is 2.30 bits per heavy atom. The van der Waals surface area contributed by atoms with Crippen LogP contribution in [-0.4, -0.2) is 21.6 Å². The smallest absolute Gasteiger partial charge is 0.280 e. The van der Waals surface area contributed by atoms with Gasteiger partial charge in [-0.15, -0.1) is 0 Å². The van der Waals surface area contributed by atoms with E-state index >= 15 is 0 Å². The first-order valence-electron chi connectivity index (χ1n) is 7.97. The third-order valence-electron chi connectivity index (χ3n) is 3.56. The molecule has 1 heterocycles. The Kier molecular flexibility index (Phi) is 5.33. The van der Waals surface area contributed by atoms with Gasteiger partial charge in [0.1, 0.15) is 0 Å². The van der Waals surface area contributed by atoms with Crippen LogP contribution in [0.1, 0.15) is 17.4 Å². The minimum Gasteiger partial charge on any atom is -0.326 e. The zero-order chi connectivity index (χ0) is 19.4. The molecule has 0 aliphatic rings. The van der Waals surface area contributed by atoms with Crippen LogP contribution in [-0.2, 0) is 4.79 Å². The lowest BCUT2D eigenvalue weighted by atomic mass is 10.2. The molecule has 8 heteroatoms. The topological polar surface area (TPSA) is 93.1 Å². The van der Waals surface area contributed by atoms with E-state index in [1.165, 1.54) is 23.9 Å². The van der Waals surface area contributed by atoms with E-state index in [9.17, 15) is 14.4 Å². The van der Waals surface area contributed by atoms with E-state index in [0.717, 1.165) is 0 Å². The van der Waals surface area contributed by atoms with E-state index in [0.29, 0.717) is 22.1 Å². The molecule has 3 rings (SSSR count). The maximum Gasteiger partial charge on any atom is 0.280 e. The van der Waals surface area contributed by atoms with Gasteiger partial charge in [0.15, 0.2) is 5.69 Å². The first-order valence-corrected chi connectivity index (χ1v) is 8.35. The number of anilines is 2. The number of nitrogens with one attached hydrogen (secondary N) is 2. The molecule has 0 saturated heterocycles. The summed E-state index contributed by atoms with van der Waals surface area (Å²) in [6.07, 6.45) is 1.47. The maximum absolute atomic E-state index is 12.5. The standard InChI is InChI=1S/C19H15ClN4O3/c1-12(25)21-14-5-7-15(8-6-14)22-19(27)18-17(26)9-10-24(23-18)16-4-2-3-13(20)11-16/h2-11H,1H3,(H,21,25)(H,22,27). The molecular formula is C19H15ClN4O3. The second-order valence-electron chi connectivity index (χ2n) is 5.67. The van der Waals surface area contributed by atoms with Crippen LogP contribution in [0.4, 0.5) is 11.4 Å². The second-order valence-corrected chi connectivity index (χ2v) is 6.10. The molecule has 136 valence electrons. The SMILES string of the molecule is CC(=O)Nc1ccc(NC(=O)c2nn(-c3cccc(Cl)c3)ccc2=O)cc1. The van der Waals surface area contributed by atoms with Crippen molar-refractivity contribution < 1.29 is 9.59 Å². The monoisotopic (exact) mass is 382 g/mol. The van der Waals surface area contributed by atoms with Crippen LogP contribution in [0.25, 0.3) is 5.69 Å². The van der Waals surface area contributed by atoms with E-state index < -0.39 is 11.3 Å². The van der Waals surface area contributed by atoms with Crippen molar-refractivity contribution in [3.63, 3.8) is 0 Å². The van der Waals surface area contributed by atoms with Gasteiger partial charge in [-0.1, -0.05) is 17.7 Å². The van der Waals surface area contributed by atoms with Crippen molar-refractivity contribution in [2.75, 3.05) is 10.6 Å². The average Bonchev–Trinajstić information content (AvgIpc) is 2.63. The fourth-order valence-corrected chi connectivity index (χ4v) is 2.54. The highest BCUT2D eigenvalue weighted by molar-refractivity contribution is 6.30. The molecule has 0 radical (unpaired) electrons. The average molecular weight is 383 g/mol. The predicted octanol–water partition coefficient (Wildman–Crippen LogP) is 3.10. The molecule has 27 heavy (non-hydrogen) atoms. The lowest BCUT2D eigenvalue weighted by Crippen LogP contribution is -2.25. The summed E-state index contributed by atoms with van der Waals surface area (Å²) in [4.78, 5) is 35.6. The number of benzene rings is 2. The number of carbonyl (C=O) groups is 2. The molecule has 0 fully saturated rings. The predicted molar refractivity (Wildman–Crippen MR) is 104 cm³/mol. The molecule has 7 nitrogen and oxygen atoms in total. The number of aromatic nitrogens is 2. The minimum absolute atomic E-state index is 0.193. The molecule has 0 spiro atoms. The molecule has 0 unspecified atom stereocenters. The molecular weight excluding hydrogens is 368 g/mol. The van der Waals surface area contributed by atoms with Gasteiger partial charge in [0, 0.05) is 35.6 Å². The number of hydrogen-bond donors (Lipinski definition) is 2. The molecule has 0 aliphatic heterocycles. The Morgan fingerprint density at radius 2 is 1.67 bits per heavy atom. The van der Waals surface area contributed by atoms with Crippen molar-refractivity contribution in [1.29, 1.82) is 0 Å². The van der Waals surface area contributed by atoms with Gasteiger partial charge in [0.25, 0.3) is 5.91 Å². The zero-order valence-corrected chi connectivity index (χ0v) is 15.0. The fraction of sp³-hybridized carbons (Fsp3) is 0.0526. The highest BCUT2D eigenvalue weighted by Crippen LogP contribution is 2.15. The van der Waals surface area contributed by atoms with Crippen molar-refractivity contribution in [3.8, 4) is 5.69 Å². The van der Waals surface area contributed by atoms with Crippen LogP contribution >= 0.6 is 11.6 Å². The van der Waals surface area contributed by atoms with Crippen LogP contribution in [0, 0.1) is 0 Å². The van der Waals surface area contributed by atoms with Gasteiger partial charge in [0.2, 0.25) is 11.3 Å². The Bertz CT molecular complexity index is 1060. The highest BCUT2D eigenvalue weighted by Gasteiger charge is 2.14. The quantitative estimate of drug-likeness (QED) is 0.725. The van der Waals surface area contributed by atoms with Crippen molar-refractivity contribution >= 4 is 34.8 Å². The molecule has 0 atom stereocenters. The van der Waals surface area contributed by atoms with E-state index in [4.69, 9.17) is 11.6 Å². The lowest BCUT2D eigenvalue weighted by Gasteiger charge is -2.09. The van der Waals surface area contributed by atoms with Crippen molar-refractivity contribution in [2.24, 2.45) is 0 Å². The Balaban J connectivity index is 1.83. The minimum atomic E-state index is -0.636. The van der Waals surface area contributed by atoms with Crippen LogP contribution in [0.5, 0.6) is 0 Å². The summed E-state index contributed by atoms with van der Waals surface area (Å²) in [5, 5.41) is 9.87. The molecule has 2 N–H and O–H groups in total. The Morgan fingerprint density at radius 1 is 1.00 bits per heavy atom. The summed E-state index contributed by atoms with van der Waals surface area (Å²) in [5.41, 5.74) is 0.940. The molecule has 0 saturated carbocycles. The van der Waals surface area contributed by atoms with Crippen LogP contribution < -0.4 is 16.1 Å². The number of amides is 2. The lowest BCUT2D eigenvalue weighted by molar-refractivity contribution is -0.114. The summed E-state index contributed by atoms with van der Waals surface area (Å²) >= 11 is 5.97. The molecule has 2 amide bonds. The molecule has 0 aliphatic carbocycles.